The fraction of sp³-hybridized carbons (Fsp3) is 0.600. The first-order valence-corrected chi connectivity index (χ1v) is 9.89. The molecule has 8 heteroatoms. The number of rotatable bonds is 7. The molecule has 1 saturated heterocycles. The van der Waals surface area contributed by atoms with E-state index in [0.29, 0.717) is 17.8 Å². The Morgan fingerprint density at radius 3 is 2.71 bits per heavy atom. The first kappa shape index (κ1) is 20.4. The van der Waals surface area contributed by atoms with Gasteiger partial charge in [-0.1, -0.05) is 6.07 Å². The van der Waals surface area contributed by atoms with Gasteiger partial charge in [-0.2, -0.15) is 0 Å². The summed E-state index contributed by atoms with van der Waals surface area (Å²) in [6.45, 7) is 10.7. The van der Waals surface area contributed by atoms with Crippen LogP contribution in [0.2, 0.25) is 0 Å². The summed E-state index contributed by atoms with van der Waals surface area (Å²) in [5, 5.41) is 5.95. The fourth-order valence-corrected chi connectivity index (χ4v) is 3.93. The molecule has 0 aliphatic carbocycles. The van der Waals surface area contributed by atoms with Crippen LogP contribution in [0.5, 0.6) is 5.75 Å². The topological polar surface area (TPSA) is 91.9 Å². The van der Waals surface area contributed by atoms with Crippen molar-refractivity contribution in [1.29, 1.82) is 0 Å². The molecule has 0 saturated carbocycles. The lowest BCUT2D eigenvalue weighted by Crippen LogP contribution is -2.43. The number of fused-ring (bicyclic) bond motifs is 1. The highest BCUT2D eigenvalue weighted by atomic mass is 16.7. The first-order valence-electron chi connectivity index (χ1n) is 9.89. The molecular weight excluding hydrogens is 360 g/mol. The molecule has 8 nitrogen and oxygen atoms in total. The summed E-state index contributed by atoms with van der Waals surface area (Å²) in [5.41, 5.74) is 4.23. The van der Waals surface area contributed by atoms with Crippen LogP contribution >= 0.6 is 0 Å². The molecule has 0 aromatic heterocycles. The fourth-order valence-electron chi connectivity index (χ4n) is 3.93. The van der Waals surface area contributed by atoms with Crippen LogP contribution in [-0.4, -0.2) is 54.7 Å². The second-order valence-corrected chi connectivity index (χ2v) is 7.87. The lowest BCUT2D eigenvalue weighted by Gasteiger charge is -2.31. The van der Waals surface area contributed by atoms with Gasteiger partial charge in [-0.3, -0.25) is 14.5 Å². The van der Waals surface area contributed by atoms with Crippen LogP contribution < -0.4 is 20.9 Å². The van der Waals surface area contributed by atoms with Gasteiger partial charge < -0.3 is 15.4 Å². The standard InChI is InChI=1S/C20H30N4O4/c1-12(2)24(13(3)4)9-8-14-10-21-15-6-5-7-17(18(14)15)28-20(26)22-16-11-27-23-19(16)25/h5-7,12-14,16,21H,8-11H2,1-4H3,(H,22,26)(H,23,25). The number of amides is 2. The zero-order valence-electron chi connectivity index (χ0n) is 17.0. The van der Waals surface area contributed by atoms with Gasteiger partial charge in [0, 0.05) is 35.8 Å². The molecular formula is C20H30N4O4. The minimum atomic E-state index is -0.733. The van der Waals surface area contributed by atoms with E-state index in [9.17, 15) is 9.59 Å². The van der Waals surface area contributed by atoms with Crippen molar-refractivity contribution in [2.24, 2.45) is 0 Å². The molecule has 2 aliphatic rings. The molecule has 1 fully saturated rings. The number of hydroxylamine groups is 1. The predicted molar refractivity (Wildman–Crippen MR) is 106 cm³/mol. The number of hydrogen-bond donors (Lipinski definition) is 3. The van der Waals surface area contributed by atoms with E-state index in [4.69, 9.17) is 9.57 Å². The molecule has 3 rings (SSSR count). The van der Waals surface area contributed by atoms with Crippen molar-refractivity contribution in [3.8, 4) is 5.75 Å². The largest absolute Gasteiger partial charge is 0.413 e. The van der Waals surface area contributed by atoms with E-state index in [-0.39, 0.29) is 18.4 Å². The van der Waals surface area contributed by atoms with Crippen LogP contribution in [0.25, 0.3) is 0 Å². The van der Waals surface area contributed by atoms with Crippen LogP contribution in [0, 0.1) is 0 Å². The summed E-state index contributed by atoms with van der Waals surface area (Å²) in [7, 11) is 0. The number of carbonyl (C=O) groups is 2. The number of ether oxygens (including phenoxy) is 1. The SMILES string of the molecule is CC(C)N(CCC1CNc2cccc(OC(=O)NC3CONC3=O)c21)C(C)C. The lowest BCUT2D eigenvalue weighted by molar-refractivity contribution is -0.125. The van der Waals surface area contributed by atoms with E-state index in [1.54, 1.807) is 6.07 Å². The zero-order chi connectivity index (χ0) is 20.3. The number of benzene rings is 1. The predicted octanol–water partition coefficient (Wildman–Crippen LogP) is 2.22. The Morgan fingerprint density at radius 1 is 1.32 bits per heavy atom. The van der Waals surface area contributed by atoms with Crippen molar-refractivity contribution in [2.75, 3.05) is 25.0 Å². The van der Waals surface area contributed by atoms with Crippen LogP contribution in [0.15, 0.2) is 18.2 Å². The van der Waals surface area contributed by atoms with E-state index >= 15 is 0 Å². The molecule has 1 aromatic rings. The second-order valence-electron chi connectivity index (χ2n) is 7.87. The second kappa shape index (κ2) is 8.79. The maximum atomic E-state index is 12.3. The number of nitrogens with zero attached hydrogens (tertiary/aromatic N) is 1. The molecule has 0 radical (unpaired) electrons. The average molecular weight is 390 g/mol. The zero-order valence-corrected chi connectivity index (χ0v) is 17.0. The summed E-state index contributed by atoms with van der Waals surface area (Å²) in [4.78, 5) is 31.1. The Bertz CT molecular complexity index is 714. The van der Waals surface area contributed by atoms with Gasteiger partial charge in [0.1, 0.15) is 18.4 Å². The molecule has 2 heterocycles. The number of carbonyl (C=O) groups excluding carboxylic acids is 2. The molecule has 2 amide bonds. The molecule has 2 aliphatic heterocycles. The van der Waals surface area contributed by atoms with E-state index < -0.39 is 12.1 Å². The van der Waals surface area contributed by atoms with Gasteiger partial charge >= 0.3 is 6.09 Å². The van der Waals surface area contributed by atoms with Crippen LogP contribution in [0.1, 0.15) is 45.6 Å². The highest BCUT2D eigenvalue weighted by Crippen LogP contribution is 2.40. The Labute approximate surface area is 165 Å². The maximum Gasteiger partial charge on any atom is 0.413 e. The monoisotopic (exact) mass is 390 g/mol. The van der Waals surface area contributed by atoms with Gasteiger partial charge in [-0.15, -0.1) is 0 Å². The third-order valence-corrected chi connectivity index (χ3v) is 5.31. The molecule has 0 bridgehead atoms. The van der Waals surface area contributed by atoms with Crippen molar-refractivity contribution in [2.45, 2.75) is 58.2 Å². The summed E-state index contributed by atoms with van der Waals surface area (Å²) in [6.07, 6.45) is 0.313. The summed E-state index contributed by atoms with van der Waals surface area (Å²) >= 11 is 0. The Balaban J connectivity index is 1.67. The normalized spacial score (nSPS) is 21.0. The van der Waals surface area contributed by atoms with Crippen LogP contribution in [-0.2, 0) is 9.63 Å². The van der Waals surface area contributed by atoms with Crippen molar-refractivity contribution in [3.05, 3.63) is 23.8 Å². The third-order valence-electron chi connectivity index (χ3n) is 5.31. The molecule has 3 N–H and O–H groups in total. The highest BCUT2D eigenvalue weighted by Gasteiger charge is 2.30. The van der Waals surface area contributed by atoms with E-state index in [1.165, 1.54) is 0 Å². The summed E-state index contributed by atoms with van der Waals surface area (Å²) < 4.78 is 5.56. The highest BCUT2D eigenvalue weighted by molar-refractivity contribution is 5.86. The number of anilines is 1. The number of nitrogens with one attached hydrogen (secondary N) is 3. The van der Waals surface area contributed by atoms with Crippen molar-refractivity contribution < 1.29 is 19.2 Å². The Kier molecular flexibility index (Phi) is 6.41. The lowest BCUT2D eigenvalue weighted by atomic mass is 9.96. The summed E-state index contributed by atoms with van der Waals surface area (Å²) in [5.74, 6) is 0.416. The minimum absolute atomic E-state index is 0.0885. The van der Waals surface area contributed by atoms with Crippen molar-refractivity contribution >= 4 is 17.7 Å². The van der Waals surface area contributed by atoms with Gasteiger partial charge in [-0.05, 0) is 52.8 Å². The molecule has 28 heavy (non-hydrogen) atoms. The van der Waals surface area contributed by atoms with Gasteiger partial charge in [-0.25, -0.2) is 10.3 Å². The summed E-state index contributed by atoms with van der Waals surface area (Å²) in [6, 6.07) is 5.88. The van der Waals surface area contributed by atoms with E-state index in [1.807, 2.05) is 12.1 Å². The molecule has 2 unspecified atom stereocenters. The van der Waals surface area contributed by atoms with E-state index in [0.717, 1.165) is 30.8 Å². The smallest absolute Gasteiger partial charge is 0.410 e. The molecule has 154 valence electrons. The van der Waals surface area contributed by atoms with Crippen LogP contribution in [0.3, 0.4) is 0 Å². The van der Waals surface area contributed by atoms with Gasteiger partial charge in [0.15, 0.2) is 0 Å². The van der Waals surface area contributed by atoms with Crippen LogP contribution in [0.4, 0.5) is 10.5 Å². The van der Waals surface area contributed by atoms with Crippen molar-refractivity contribution in [1.82, 2.24) is 15.7 Å². The Hall–Kier alpha value is -2.32. The maximum absolute atomic E-state index is 12.3. The number of hydrogen-bond acceptors (Lipinski definition) is 6. The Morgan fingerprint density at radius 2 is 2.07 bits per heavy atom. The molecule has 2 atom stereocenters. The molecule has 1 aromatic carbocycles. The average Bonchev–Trinajstić information content (AvgIpc) is 3.22. The molecule has 0 spiro atoms. The van der Waals surface area contributed by atoms with Gasteiger partial charge in [0.2, 0.25) is 0 Å². The van der Waals surface area contributed by atoms with Gasteiger partial charge in [0.05, 0.1) is 0 Å². The van der Waals surface area contributed by atoms with Crippen molar-refractivity contribution in [3.63, 3.8) is 0 Å². The van der Waals surface area contributed by atoms with Gasteiger partial charge in [0.25, 0.3) is 5.91 Å². The van der Waals surface area contributed by atoms with E-state index in [2.05, 4.69) is 48.7 Å². The quantitative estimate of drug-likeness (QED) is 0.661. The third kappa shape index (κ3) is 4.56. The minimum Gasteiger partial charge on any atom is -0.410 e. The first-order chi connectivity index (χ1) is 13.4.